The van der Waals surface area contributed by atoms with E-state index in [1.54, 1.807) is 0 Å². The van der Waals surface area contributed by atoms with Crippen LogP contribution in [0.5, 0.6) is 0 Å². The van der Waals surface area contributed by atoms with Gasteiger partial charge in [0.2, 0.25) is 5.91 Å². The maximum Gasteiger partial charge on any atom is 0.312 e. The molecule has 4 N–H and O–H groups in total. The Hall–Kier alpha value is -2.04. The SMILES string of the molecule is C[C@@H](NC(=O)C[C@@H](NC(N)=O)c1ccccc1)C12CC3CC(CC(C3)C1)C2. The maximum absolute atomic E-state index is 12.8. The van der Waals surface area contributed by atoms with E-state index in [0.29, 0.717) is 0 Å². The summed E-state index contributed by atoms with van der Waals surface area (Å²) in [6, 6.07) is 8.73. The molecule has 4 saturated carbocycles. The van der Waals surface area contributed by atoms with E-state index in [4.69, 9.17) is 5.73 Å². The van der Waals surface area contributed by atoms with E-state index in [-0.39, 0.29) is 23.8 Å². The summed E-state index contributed by atoms with van der Waals surface area (Å²) in [5.74, 6) is 2.58. The van der Waals surface area contributed by atoms with Crippen molar-refractivity contribution in [1.82, 2.24) is 10.6 Å². The lowest BCUT2D eigenvalue weighted by molar-refractivity contribution is -0.126. The summed E-state index contributed by atoms with van der Waals surface area (Å²) >= 11 is 0. The average Bonchev–Trinajstić information content (AvgIpc) is 2.60. The fourth-order valence-electron chi connectivity index (χ4n) is 6.46. The van der Waals surface area contributed by atoms with Crippen molar-refractivity contribution in [3.63, 3.8) is 0 Å². The summed E-state index contributed by atoms with van der Waals surface area (Å²) in [6.45, 7) is 2.18. The first-order chi connectivity index (χ1) is 12.9. The van der Waals surface area contributed by atoms with Gasteiger partial charge in [0.15, 0.2) is 0 Å². The lowest BCUT2D eigenvalue weighted by Gasteiger charge is -2.59. The number of hydrogen-bond donors (Lipinski definition) is 3. The fourth-order valence-corrected chi connectivity index (χ4v) is 6.46. The van der Waals surface area contributed by atoms with Crippen LogP contribution < -0.4 is 16.4 Å². The molecule has 5 nitrogen and oxygen atoms in total. The Morgan fingerprint density at radius 2 is 1.59 bits per heavy atom. The second kappa shape index (κ2) is 7.17. The summed E-state index contributed by atoms with van der Waals surface area (Å²) in [5.41, 5.74) is 6.51. The van der Waals surface area contributed by atoms with E-state index in [2.05, 4.69) is 17.6 Å². The highest BCUT2D eigenvalue weighted by Gasteiger charge is 2.53. The summed E-state index contributed by atoms with van der Waals surface area (Å²) < 4.78 is 0. The molecule has 2 atom stereocenters. The van der Waals surface area contributed by atoms with Gasteiger partial charge in [-0.3, -0.25) is 4.79 Å². The molecule has 1 aromatic carbocycles. The summed E-state index contributed by atoms with van der Waals surface area (Å²) in [4.78, 5) is 24.2. The van der Waals surface area contributed by atoms with Crippen molar-refractivity contribution in [2.24, 2.45) is 28.9 Å². The molecule has 4 aliphatic rings. The van der Waals surface area contributed by atoms with Crippen LogP contribution in [0.15, 0.2) is 30.3 Å². The first-order valence-corrected chi connectivity index (χ1v) is 10.3. The molecule has 146 valence electrons. The van der Waals surface area contributed by atoms with Crippen molar-refractivity contribution in [3.05, 3.63) is 35.9 Å². The molecule has 0 radical (unpaired) electrons. The molecular formula is C22H31N3O2. The minimum absolute atomic E-state index is 0.0131. The predicted octanol–water partition coefficient (Wildman–Crippen LogP) is 3.51. The molecule has 0 spiro atoms. The summed E-state index contributed by atoms with van der Waals surface area (Å²) in [5, 5.41) is 5.99. The molecule has 3 amide bonds. The monoisotopic (exact) mass is 369 g/mol. The van der Waals surface area contributed by atoms with Gasteiger partial charge >= 0.3 is 6.03 Å². The lowest BCUT2D eigenvalue weighted by atomic mass is 9.48. The third-order valence-corrected chi connectivity index (χ3v) is 7.29. The van der Waals surface area contributed by atoms with Crippen LogP contribution >= 0.6 is 0 Å². The number of rotatable bonds is 6. The van der Waals surface area contributed by atoms with Crippen LogP contribution in [0.2, 0.25) is 0 Å². The molecule has 27 heavy (non-hydrogen) atoms. The zero-order valence-corrected chi connectivity index (χ0v) is 16.1. The minimum atomic E-state index is -0.606. The molecule has 0 heterocycles. The van der Waals surface area contributed by atoms with E-state index in [9.17, 15) is 9.59 Å². The second-order valence-corrected chi connectivity index (χ2v) is 9.25. The average molecular weight is 370 g/mol. The Morgan fingerprint density at radius 1 is 1.04 bits per heavy atom. The Kier molecular flexibility index (Phi) is 4.87. The van der Waals surface area contributed by atoms with Crippen LogP contribution in [0.4, 0.5) is 4.79 Å². The second-order valence-electron chi connectivity index (χ2n) is 9.25. The predicted molar refractivity (Wildman–Crippen MR) is 105 cm³/mol. The highest BCUT2D eigenvalue weighted by molar-refractivity contribution is 5.79. The van der Waals surface area contributed by atoms with E-state index in [1.165, 1.54) is 38.5 Å². The number of urea groups is 1. The van der Waals surface area contributed by atoms with Crippen molar-refractivity contribution in [2.45, 2.75) is 64.0 Å². The van der Waals surface area contributed by atoms with Crippen LogP contribution in [0, 0.1) is 23.2 Å². The van der Waals surface area contributed by atoms with Crippen LogP contribution in [0.25, 0.3) is 0 Å². The van der Waals surface area contributed by atoms with Crippen molar-refractivity contribution in [1.29, 1.82) is 0 Å². The van der Waals surface area contributed by atoms with Gasteiger partial charge in [-0.2, -0.15) is 0 Å². The number of benzene rings is 1. The van der Waals surface area contributed by atoms with Gasteiger partial charge in [0, 0.05) is 6.04 Å². The zero-order valence-electron chi connectivity index (χ0n) is 16.1. The van der Waals surface area contributed by atoms with E-state index >= 15 is 0 Å². The number of primary amides is 1. The molecule has 0 aromatic heterocycles. The molecule has 4 fully saturated rings. The van der Waals surface area contributed by atoms with E-state index in [0.717, 1.165) is 23.3 Å². The molecule has 1 aromatic rings. The highest BCUT2D eigenvalue weighted by atomic mass is 16.2. The fraction of sp³-hybridized carbons (Fsp3) is 0.636. The van der Waals surface area contributed by atoms with Gasteiger partial charge in [-0.1, -0.05) is 30.3 Å². The third kappa shape index (κ3) is 3.83. The molecule has 4 aliphatic carbocycles. The van der Waals surface area contributed by atoms with Crippen LogP contribution in [-0.2, 0) is 4.79 Å². The van der Waals surface area contributed by atoms with Gasteiger partial charge in [-0.05, 0) is 74.2 Å². The Balaban J connectivity index is 1.41. The van der Waals surface area contributed by atoms with Crippen molar-refractivity contribution < 1.29 is 9.59 Å². The normalized spacial score (nSPS) is 33.3. The minimum Gasteiger partial charge on any atom is -0.353 e. The van der Waals surface area contributed by atoms with Gasteiger partial charge in [0.25, 0.3) is 0 Å². The van der Waals surface area contributed by atoms with Crippen molar-refractivity contribution in [2.75, 3.05) is 0 Å². The highest BCUT2D eigenvalue weighted by Crippen LogP contribution is 2.61. The van der Waals surface area contributed by atoms with Gasteiger partial charge in [-0.25, -0.2) is 4.79 Å². The summed E-state index contributed by atoms with van der Waals surface area (Å²) in [6.07, 6.45) is 8.21. The smallest absolute Gasteiger partial charge is 0.312 e. The van der Waals surface area contributed by atoms with Crippen molar-refractivity contribution in [3.8, 4) is 0 Å². The molecule has 5 heteroatoms. The number of nitrogens with two attached hydrogens (primary N) is 1. The number of nitrogens with one attached hydrogen (secondary N) is 2. The standard InChI is InChI=1S/C22H31N3O2/c1-14(22-11-15-7-16(12-22)9-17(8-15)13-22)24-20(26)10-19(25-21(23)27)18-5-3-2-4-6-18/h2-6,14-17,19H,7-13H2,1H3,(H,24,26)(H3,23,25,27)/t14-,15?,16?,17?,19-,22?/m1/s1. The van der Waals surface area contributed by atoms with Gasteiger partial charge in [0.1, 0.15) is 0 Å². The molecule has 0 saturated heterocycles. The number of carbonyl (C=O) groups is 2. The van der Waals surface area contributed by atoms with Crippen LogP contribution in [0.3, 0.4) is 0 Å². The van der Waals surface area contributed by atoms with Gasteiger partial charge in [-0.15, -0.1) is 0 Å². The van der Waals surface area contributed by atoms with Crippen LogP contribution in [0.1, 0.15) is 63.5 Å². The molecule has 4 bridgehead atoms. The molecule has 0 aliphatic heterocycles. The van der Waals surface area contributed by atoms with Gasteiger partial charge < -0.3 is 16.4 Å². The molecule has 0 unspecified atom stereocenters. The zero-order chi connectivity index (χ0) is 19.0. The Labute approximate surface area is 161 Å². The largest absolute Gasteiger partial charge is 0.353 e. The first kappa shape index (κ1) is 18.3. The Morgan fingerprint density at radius 3 is 2.11 bits per heavy atom. The number of amides is 3. The Bertz CT molecular complexity index is 667. The quantitative estimate of drug-likeness (QED) is 0.717. The van der Waals surface area contributed by atoms with Crippen LogP contribution in [-0.4, -0.2) is 18.0 Å². The number of hydrogen-bond acceptors (Lipinski definition) is 2. The van der Waals surface area contributed by atoms with E-state index < -0.39 is 12.1 Å². The van der Waals surface area contributed by atoms with E-state index in [1.807, 2.05) is 30.3 Å². The maximum atomic E-state index is 12.8. The van der Waals surface area contributed by atoms with Crippen molar-refractivity contribution >= 4 is 11.9 Å². The van der Waals surface area contributed by atoms with Gasteiger partial charge in [0.05, 0.1) is 12.5 Å². The first-order valence-electron chi connectivity index (χ1n) is 10.3. The molecular weight excluding hydrogens is 338 g/mol. The topological polar surface area (TPSA) is 84.2 Å². The third-order valence-electron chi connectivity index (χ3n) is 7.29. The summed E-state index contributed by atoms with van der Waals surface area (Å²) in [7, 11) is 0. The molecule has 5 rings (SSSR count). The number of carbonyl (C=O) groups excluding carboxylic acids is 2. The lowest BCUT2D eigenvalue weighted by Crippen LogP contribution is -2.56.